The molecule has 10 rings (SSSR count). The van der Waals surface area contributed by atoms with Gasteiger partial charge in [-0.15, -0.1) is 0 Å². The van der Waals surface area contributed by atoms with Gasteiger partial charge in [0.05, 0.1) is 17.3 Å². The minimum atomic E-state index is 0.636. The zero-order chi connectivity index (χ0) is 33.0. The topological polar surface area (TPSA) is 29.3 Å². The normalized spacial score (nSPS) is 11.6. The molecule has 3 heteroatoms. The number of anilines is 3. The smallest absolute Gasteiger partial charge is 0.227 e. The lowest BCUT2D eigenvalue weighted by atomic mass is 10.00. The van der Waals surface area contributed by atoms with Crippen LogP contribution >= 0.6 is 0 Å². The number of fused-ring (bicyclic) bond motifs is 7. The van der Waals surface area contributed by atoms with Gasteiger partial charge in [0.2, 0.25) is 5.71 Å². The second kappa shape index (κ2) is 11.5. The maximum atomic E-state index is 6.39. The molecule has 10 aromatic rings. The first kappa shape index (κ1) is 28.3. The molecule has 0 amide bonds. The highest BCUT2D eigenvalue weighted by atomic mass is 16.3. The van der Waals surface area contributed by atoms with Crippen LogP contribution in [0.3, 0.4) is 0 Å². The van der Waals surface area contributed by atoms with Crippen molar-refractivity contribution in [2.45, 2.75) is 0 Å². The van der Waals surface area contributed by atoms with E-state index in [0.717, 1.165) is 49.8 Å². The van der Waals surface area contributed by atoms with Crippen LogP contribution in [0.15, 0.2) is 187 Å². The Morgan fingerprint density at radius 1 is 0.360 bits per heavy atom. The predicted octanol–water partition coefficient (Wildman–Crippen LogP) is 13.2. The molecular weight excluding hydrogens is 609 g/mol. The van der Waals surface area contributed by atoms with Gasteiger partial charge in [-0.25, -0.2) is 4.98 Å². The Hall–Kier alpha value is -6.71. The van der Waals surface area contributed by atoms with Crippen molar-refractivity contribution in [1.29, 1.82) is 0 Å². The van der Waals surface area contributed by atoms with Gasteiger partial charge >= 0.3 is 0 Å². The van der Waals surface area contributed by atoms with Gasteiger partial charge in [-0.2, -0.15) is 0 Å². The number of hydrogen-bond donors (Lipinski definition) is 0. The van der Waals surface area contributed by atoms with Crippen LogP contribution in [0.2, 0.25) is 0 Å². The van der Waals surface area contributed by atoms with E-state index in [0.29, 0.717) is 5.71 Å². The molecule has 234 valence electrons. The first-order chi connectivity index (χ1) is 24.7. The molecule has 50 heavy (non-hydrogen) atoms. The van der Waals surface area contributed by atoms with Gasteiger partial charge in [0.25, 0.3) is 0 Å². The first-order valence-corrected chi connectivity index (χ1v) is 16.9. The Balaban J connectivity index is 1.12. The number of benzene rings is 8. The summed E-state index contributed by atoms with van der Waals surface area (Å²) >= 11 is 0. The van der Waals surface area contributed by atoms with Crippen LogP contribution in [0.5, 0.6) is 0 Å². The summed E-state index contributed by atoms with van der Waals surface area (Å²) in [4.78, 5) is 7.19. The average molecular weight is 639 g/mol. The van der Waals surface area contributed by atoms with E-state index in [1.54, 1.807) is 0 Å². The summed E-state index contributed by atoms with van der Waals surface area (Å²) in [6.07, 6.45) is 1.92. The molecule has 0 spiro atoms. The van der Waals surface area contributed by atoms with E-state index in [2.05, 4.69) is 181 Å². The number of nitrogens with zero attached hydrogens (tertiary/aromatic N) is 2. The molecule has 0 aliphatic heterocycles. The van der Waals surface area contributed by atoms with Crippen molar-refractivity contribution >= 4 is 71.4 Å². The average Bonchev–Trinajstić information content (AvgIpc) is 3.57. The highest BCUT2D eigenvalue weighted by Crippen LogP contribution is 2.41. The first-order valence-electron chi connectivity index (χ1n) is 16.9. The highest BCUT2D eigenvalue weighted by molar-refractivity contribution is 6.15. The van der Waals surface area contributed by atoms with Crippen molar-refractivity contribution in [3.05, 3.63) is 182 Å². The van der Waals surface area contributed by atoms with Gasteiger partial charge in [-0.3, -0.25) is 0 Å². The van der Waals surface area contributed by atoms with Gasteiger partial charge < -0.3 is 9.32 Å². The van der Waals surface area contributed by atoms with Crippen molar-refractivity contribution in [3.63, 3.8) is 0 Å². The van der Waals surface area contributed by atoms with Crippen LogP contribution < -0.4 is 4.90 Å². The van der Waals surface area contributed by atoms with E-state index in [1.807, 2.05) is 6.20 Å². The van der Waals surface area contributed by atoms with Crippen LogP contribution in [0.25, 0.3) is 76.6 Å². The van der Waals surface area contributed by atoms with Gasteiger partial charge in [0.15, 0.2) is 0 Å². The summed E-state index contributed by atoms with van der Waals surface area (Å²) in [6.45, 7) is 0. The predicted molar refractivity (Wildman–Crippen MR) is 210 cm³/mol. The van der Waals surface area contributed by atoms with Crippen LogP contribution in [-0.4, -0.2) is 4.98 Å². The molecule has 0 radical (unpaired) electrons. The van der Waals surface area contributed by atoms with E-state index in [1.165, 1.54) is 38.2 Å². The second-order valence-electron chi connectivity index (χ2n) is 12.9. The number of aromatic nitrogens is 1. The third-order valence-electron chi connectivity index (χ3n) is 9.86. The fourth-order valence-corrected chi connectivity index (χ4v) is 7.31. The van der Waals surface area contributed by atoms with Gasteiger partial charge in [0, 0.05) is 22.1 Å². The maximum absolute atomic E-state index is 6.39. The van der Waals surface area contributed by atoms with E-state index >= 15 is 0 Å². The molecule has 0 N–H and O–H groups in total. The van der Waals surface area contributed by atoms with Gasteiger partial charge in [0.1, 0.15) is 5.58 Å². The zero-order valence-corrected chi connectivity index (χ0v) is 27.1. The number of hydrogen-bond acceptors (Lipinski definition) is 3. The van der Waals surface area contributed by atoms with Crippen molar-refractivity contribution < 1.29 is 4.42 Å². The lowest BCUT2D eigenvalue weighted by Crippen LogP contribution is -2.10. The molecule has 2 aromatic heterocycles. The number of rotatable bonds is 5. The lowest BCUT2D eigenvalue weighted by molar-refractivity contribution is 0.657. The SMILES string of the molecule is c1cc(-c2ccc3ccccc3c2)cc(N(c2ccc(-c3ccc4ccccc4c3)cc2)c2cnc3oc4c5ccccc5ccc4c3c2)c1. The summed E-state index contributed by atoms with van der Waals surface area (Å²) in [5.74, 6) is 0. The van der Waals surface area contributed by atoms with Crippen LogP contribution in [0.1, 0.15) is 0 Å². The van der Waals surface area contributed by atoms with E-state index in [-0.39, 0.29) is 0 Å². The molecule has 0 fully saturated rings. The molecule has 0 aliphatic rings. The van der Waals surface area contributed by atoms with Crippen molar-refractivity contribution in [2.24, 2.45) is 0 Å². The fourth-order valence-electron chi connectivity index (χ4n) is 7.31. The quantitative estimate of drug-likeness (QED) is 0.188. The molecule has 2 heterocycles. The van der Waals surface area contributed by atoms with Gasteiger partial charge in [-0.05, 0) is 97.7 Å². The molecule has 3 nitrogen and oxygen atoms in total. The van der Waals surface area contributed by atoms with E-state index in [9.17, 15) is 0 Å². The highest BCUT2D eigenvalue weighted by Gasteiger charge is 2.18. The minimum absolute atomic E-state index is 0.636. The monoisotopic (exact) mass is 638 g/mol. The Morgan fingerprint density at radius 3 is 1.70 bits per heavy atom. The molecule has 0 saturated carbocycles. The largest absolute Gasteiger partial charge is 0.437 e. The molecular formula is C47H30N2O. The third kappa shape index (κ3) is 4.79. The fraction of sp³-hybridized carbons (Fsp3) is 0. The summed E-state index contributed by atoms with van der Waals surface area (Å²) in [5.41, 5.74) is 9.26. The van der Waals surface area contributed by atoms with Crippen LogP contribution in [-0.2, 0) is 0 Å². The molecule has 0 atom stereocenters. The summed E-state index contributed by atoms with van der Waals surface area (Å²) in [6, 6.07) is 62.8. The Bertz CT molecular complexity index is 2890. The van der Waals surface area contributed by atoms with Crippen molar-refractivity contribution in [2.75, 3.05) is 4.90 Å². The van der Waals surface area contributed by atoms with Gasteiger partial charge in [-0.1, -0.05) is 127 Å². The molecule has 0 aliphatic carbocycles. The molecule has 0 bridgehead atoms. The Morgan fingerprint density at radius 2 is 0.960 bits per heavy atom. The summed E-state index contributed by atoms with van der Waals surface area (Å²) < 4.78 is 6.39. The molecule has 0 saturated heterocycles. The molecule has 0 unspecified atom stereocenters. The summed E-state index contributed by atoms with van der Waals surface area (Å²) in [7, 11) is 0. The van der Waals surface area contributed by atoms with Crippen molar-refractivity contribution in [1.82, 2.24) is 4.98 Å². The maximum Gasteiger partial charge on any atom is 0.227 e. The van der Waals surface area contributed by atoms with Crippen LogP contribution in [0, 0.1) is 0 Å². The van der Waals surface area contributed by atoms with Crippen LogP contribution in [0.4, 0.5) is 17.1 Å². The van der Waals surface area contributed by atoms with E-state index in [4.69, 9.17) is 9.40 Å². The van der Waals surface area contributed by atoms with Crippen molar-refractivity contribution in [3.8, 4) is 22.3 Å². The standard InChI is InChI=1S/C47H30N2O/c1-3-11-35-26-38(18-16-31(35)8-1)33-20-23-40(24-21-33)49(41-14-7-13-37(28-41)39-19-17-32-9-2-4-12-36(32)27-39)42-29-45-44-25-22-34-10-5-6-15-43(34)46(44)50-47(45)48-30-42/h1-30H. The Labute approximate surface area is 289 Å². The third-order valence-corrected chi connectivity index (χ3v) is 9.86. The second-order valence-corrected chi connectivity index (χ2v) is 12.9. The lowest BCUT2D eigenvalue weighted by Gasteiger charge is -2.26. The van der Waals surface area contributed by atoms with E-state index < -0.39 is 0 Å². The number of furan rings is 1. The Kier molecular flexibility index (Phi) is 6.49. The zero-order valence-electron chi connectivity index (χ0n) is 27.1. The summed E-state index contributed by atoms with van der Waals surface area (Å²) in [5, 5.41) is 9.24. The molecule has 8 aromatic carbocycles. The number of pyridine rings is 1. The minimum Gasteiger partial charge on any atom is -0.437 e.